The maximum absolute atomic E-state index is 12.8. The summed E-state index contributed by atoms with van der Waals surface area (Å²) in [6.45, 7) is 0.841. The van der Waals surface area contributed by atoms with Gasteiger partial charge in [0.1, 0.15) is 12.4 Å². The van der Waals surface area contributed by atoms with Crippen molar-refractivity contribution < 1.29 is 14.3 Å². The highest BCUT2D eigenvalue weighted by atomic mass is 19.1. The minimum absolute atomic E-state index is 0.0108. The molecular weight excluding hydrogens is 159 g/mol. The van der Waals surface area contributed by atoms with Crippen LogP contribution in [0.25, 0.3) is 0 Å². The van der Waals surface area contributed by atoms with Crippen LogP contribution in [-0.4, -0.2) is 5.78 Å². The second-order valence-electron chi connectivity index (χ2n) is 2.51. The maximum Gasteiger partial charge on any atom is 0.162 e. The Kier molecular flexibility index (Phi) is 2.55. The molecule has 0 aromatic heterocycles. The van der Waals surface area contributed by atoms with Crippen LogP contribution in [0.4, 0.5) is 4.39 Å². The summed E-state index contributed by atoms with van der Waals surface area (Å²) in [7, 11) is 0. The third-order valence-corrected chi connectivity index (χ3v) is 1.58. The summed E-state index contributed by atoms with van der Waals surface area (Å²) in [6, 6.07) is 3.82. The fourth-order valence-electron chi connectivity index (χ4n) is 0.932. The number of benzene rings is 1. The lowest BCUT2D eigenvalue weighted by molar-refractivity contribution is 0.101. The predicted molar refractivity (Wildman–Crippen MR) is 40.8 cm³/mol. The average Bonchev–Trinajstić information content (AvgIpc) is 2.05. The van der Waals surface area contributed by atoms with E-state index in [4.69, 9.17) is 0 Å². The van der Waals surface area contributed by atoms with Crippen molar-refractivity contribution in [1.82, 2.24) is 0 Å². The molecule has 1 radical (unpaired) electrons. The fraction of sp³-hybridized carbons (Fsp3) is 0.222. The molecule has 2 nitrogen and oxygen atoms in total. The molecule has 0 N–H and O–H groups in total. The minimum Gasteiger partial charge on any atom is -0.294 e. The Labute approximate surface area is 69.6 Å². The monoisotopic (exact) mass is 167 g/mol. The summed E-state index contributed by atoms with van der Waals surface area (Å²) in [4.78, 5) is 10.8. The SMILES string of the molecule is CC(=O)c1cc(C[O])ccc1F. The normalized spacial score (nSPS) is 9.92. The molecule has 0 saturated heterocycles. The Morgan fingerprint density at radius 3 is 2.67 bits per heavy atom. The van der Waals surface area contributed by atoms with Gasteiger partial charge in [0.25, 0.3) is 0 Å². The zero-order valence-corrected chi connectivity index (χ0v) is 6.63. The van der Waals surface area contributed by atoms with E-state index in [9.17, 15) is 14.3 Å². The maximum atomic E-state index is 12.8. The Balaban J connectivity index is 3.17. The third kappa shape index (κ3) is 1.68. The van der Waals surface area contributed by atoms with E-state index in [-0.39, 0.29) is 11.3 Å². The molecule has 0 fully saturated rings. The van der Waals surface area contributed by atoms with E-state index in [2.05, 4.69) is 0 Å². The number of Topliss-reactive ketones (excluding diaryl/α,β-unsaturated/α-hetero) is 1. The molecule has 3 heteroatoms. The summed E-state index contributed by atoms with van der Waals surface area (Å²) in [5, 5.41) is 10.4. The van der Waals surface area contributed by atoms with E-state index in [0.717, 1.165) is 6.07 Å². The zero-order chi connectivity index (χ0) is 9.14. The molecule has 1 aromatic carbocycles. The Morgan fingerprint density at radius 2 is 2.17 bits per heavy atom. The first-order valence-corrected chi connectivity index (χ1v) is 3.52. The summed E-state index contributed by atoms with van der Waals surface area (Å²) in [6.07, 6.45) is 0. The van der Waals surface area contributed by atoms with Gasteiger partial charge in [-0.15, -0.1) is 0 Å². The van der Waals surface area contributed by atoms with Crippen molar-refractivity contribution >= 4 is 5.78 Å². The van der Waals surface area contributed by atoms with E-state index in [0.29, 0.717) is 5.56 Å². The average molecular weight is 167 g/mol. The van der Waals surface area contributed by atoms with Crippen LogP contribution in [-0.2, 0) is 11.7 Å². The van der Waals surface area contributed by atoms with Gasteiger partial charge in [0.05, 0.1) is 5.56 Å². The molecule has 0 aliphatic rings. The molecule has 0 spiro atoms. The second kappa shape index (κ2) is 3.45. The number of carbonyl (C=O) groups is 1. The lowest BCUT2D eigenvalue weighted by atomic mass is 10.1. The summed E-state index contributed by atoms with van der Waals surface area (Å²) in [5.74, 6) is -0.928. The van der Waals surface area contributed by atoms with Gasteiger partial charge in [0.15, 0.2) is 5.78 Å². The van der Waals surface area contributed by atoms with Crippen LogP contribution in [0, 0.1) is 5.82 Å². The quantitative estimate of drug-likeness (QED) is 0.620. The highest BCUT2D eigenvalue weighted by Crippen LogP contribution is 2.11. The lowest BCUT2D eigenvalue weighted by Crippen LogP contribution is -1.98. The Bertz CT molecular complexity index is 307. The fourth-order valence-corrected chi connectivity index (χ4v) is 0.932. The molecule has 0 saturated carbocycles. The van der Waals surface area contributed by atoms with Crippen molar-refractivity contribution in [1.29, 1.82) is 0 Å². The Morgan fingerprint density at radius 1 is 1.50 bits per heavy atom. The van der Waals surface area contributed by atoms with Crippen molar-refractivity contribution in [2.45, 2.75) is 13.5 Å². The van der Waals surface area contributed by atoms with Gasteiger partial charge in [-0.2, -0.15) is 0 Å². The van der Waals surface area contributed by atoms with E-state index in [1.165, 1.54) is 19.1 Å². The summed E-state index contributed by atoms with van der Waals surface area (Å²) < 4.78 is 12.8. The zero-order valence-electron chi connectivity index (χ0n) is 6.63. The van der Waals surface area contributed by atoms with Crippen molar-refractivity contribution in [3.05, 3.63) is 35.1 Å². The van der Waals surface area contributed by atoms with Crippen LogP contribution >= 0.6 is 0 Å². The van der Waals surface area contributed by atoms with E-state index < -0.39 is 12.4 Å². The van der Waals surface area contributed by atoms with Gasteiger partial charge in [0, 0.05) is 0 Å². The number of halogens is 1. The minimum atomic E-state index is -0.570. The molecule has 0 bridgehead atoms. The van der Waals surface area contributed by atoms with Crippen LogP contribution in [0.5, 0.6) is 0 Å². The smallest absolute Gasteiger partial charge is 0.162 e. The van der Waals surface area contributed by atoms with E-state index in [1.54, 1.807) is 0 Å². The van der Waals surface area contributed by atoms with Gasteiger partial charge < -0.3 is 0 Å². The largest absolute Gasteiger partial charge is 0.294 e. The van der Waals surface area contributed by atoms with Crippen LogP contribution in [0.1, 0.15) is 22.8 Å². The van der Waals surface area contributed by atoms with Gasteiger partial charge in [-0.3, -0.25) is 4.79 Å². The number of ketones is 1. The van der Waals surface area contributed by atoms with Gasteiger partial charge in [-0.1, -0.05) is 6.07 Å². The van der Waals surface area contributed by atoms with Gasteiger partial charge in [-0.25, -0.2) is 9.50 Å². The topological polar surface area (TPSA) is 37.0 Å². The van der Waals surface area contributed by atoms with Crippen molar-refractivity contribution in [2.24, 2.45) is 0 Å². The highest BCUT2D eigenvalue weighted by molar-refractivity contribution is 5.94. The van der Waals surface area contributed by atoms with Gasteiger partial charge >= 0.3 is 0 Å². The molecule has 1 rings (SSSR count). The van der Waals surface area contributed by atoms with Crippen LogP contribution < -0.4 is 0 Å². The Hall–Kier alpha value is -1.22. The number of rotatable bonds is 2. The highest BCUT2D eigenvalue weighted by Gasteiger charge is 2.07. The molecule has 1 aromatic rings. The molecule has 0 aliphatic heterocycles. The first-order valence-electron chi connectivity index (χ1n) is 3.52. The van der Waals surface area contributed by atoms with Crippen molar-refractivity contribution in [2.75, 3.05) is 0 Å². The van der Waals surface area contributed by atoms with Crippen LogP contribution in [0.3, 0.4) is 0 Å². The van der Waals surface area contributed by atoms with E-state index in [1.807, 2.05) is 0 Å². The molecule has 0 amide bonds. The third-order valence-electron chi connectivity index (χ3n) is 1.58. The molecule has 0 heterocycles. The molecule has 0 unspecified atom stereocenters. The summed E-state index contributed by atoms with van der Waals surface area (Å²) in [5.41, 5.74) is 0.421. The first kappa shape index (κ1) is 8.87. The molecule has 0 atom stereocenters. The lowest BCUT2D eigenvalue weighted by Gasteiger charge is -1.99. The van der Waals surface area contributed by atoms with Crippen molar-refractivity contribution in [3.63, 3.8) is 0 Å². The van der Waals surface area contributed by atoms with Gasteiger partial charge in [0.2, 0.25) is 0 Å². The number of hydrogen-bond donors (Lipinski definition) is 0. The second-order valence-corrected chi connectivity index (χ2v) is 2.51. The van der Waals surface area contributed by atoms with Crippen LogP contribution in [0.2, 0.25) is 0 Å². The molecule has 63 valence electrons. The van der Waals surface area contributed by atoms with Crippen molar-refractivity contribution in [3.8, 4) is 0 Å². The van der Waals surface area contributed by atoms with E-state index >= 15 is 0 Å². The van der Waals surface area contributed by atoms with Crippen LogP contribution in [0.15, 0.2) is 18.2 Å². The molecular formula is C9H8FO2. The molecule has 12 heavy (non-hydrogen) atoms. The summed E-state index contributed by atoms with van der Waals surface area (Å²) >= 11 is 0. The molecule has 0 aliphatic carbocycles. The standard InChI is InChI=1S/C9H8FO2/c1-6(12)8-4-7(5-11)2-3-9(8)10/h2-4H,5H2,1H3. The first-order chi connectivity index (χ1) is 5.65. The van der Waals surface area contributed by atoms with Gasteiger partial charge in [-0.05, 0) is 24.6 Å². The number of hydrogen-bond acceptors (Lipinski definition) is 1. The predicted octanol–water partition coefficient (Wildman–Crippen LogP) is 1.96. The number of carbonyl (C=O) groups excluding carboxylic acids is 1.